The highest BCUT2D eigenvalue weighted by Gasteiger charge is 2.15. The molecule has 4 nitrogen and oxygen atoms in total. The molecular weight excluding hydrogens is 262 g/mol. The van der Waals surface area contributed by atoms with E-state index in [0.717, 1.165) is 44.4 Å². The van der Waals surface area contributed by atoms with Crippen LogP contribution in [0.5, 0.6) is 0 Å². The van der Waals surface area contributed by atoms with Crippen LogP contribution < -0.4 is 10.2 Å². The minimum Gasteiger partial charge on any atom is -0.380 e. The van der Waals surface area contributed by atoms with Crippen LogP contribution in [0, 0.1) is 13.8 Å². The summed E-state index contributed by atoms with van der Waals surface area (Å²) in [4.78, 5) is 7.10. The third-order valence-electron chi connectivity index (χ3n) is 3.53. The molecule has 0 saturated heterocycles. The average molecular weight is 293 g/mol. The summed E-state index contributed by atoms with van der Waals surface area (Å²) in [6.07, 6.45) is 0. The fourth-order valence-corrected chi connectivity index (χ4v) is 2.36. The van der Waals surface area contributed by atoms with E-state index in [1.807, 2.05) is 6.92 Å². The molecule has 1 heterocycles. The molecule has 1 aromatic heterocycles. The lowest BCUT2D eigenvalue weighted by Crippen LogP contribution is -2.31. The van der Waals surface area contributed by atoms with Crippen LogP contribution in [0.3, 0.4) is 0 Å². The molecule has 0 aliphatic rings. The molecule has 0 fully saturated rings. The molecular formula is C17H31N3O. The molecule has 0 saturated carbocycles. The Bertz CT molecular complexity index is 432. The van der Waals surface area contributed by atoms with Crippen molar-refractivity contribution in [2.24, 2.45) is 0 Å². The summed E-state index contributed by atoms with van der Waals surface area (Å²) in [5.41, 5.74) is 3.68. The maximum atomic E-state index is 5.50. The van der Waals surface area contributed by atoms with Gasteiger partial charge in [0.1, 0.15) is 5.82 Å². The van der Waals surface area contributed by atoms with Crippen LogP contribution in [-0.4, -0.2) is 37.3 Å². The van der Waals surface area contributed by atoms with E-state index in [-0.39, 0.29) is 0 Å². The summed E-state index contributed by atoms with van der Waals surface area (Å²) < 4.78 is 5.50. The van der Waals surface area contributed by atoms with Gasteiger partial charge in [0, 0.05) is 43.5 Å². The number of ether oxygens (including phenoxy) is 1. The van der Waals surface area contributed by atoms with Crippen molar-refractivity contribution in [1.29, 1.82) is 0 Å². The summed E-state index contributed by atoms with van der Waals surface area (Å²) in [6.45, 7) is 17.0. The first-order valence-electron chi connectivity index (χ1n) is 8.02. The zero-order valence-corrected chi connectivity index (χ0v) is 14.5. The molecule has 120 valence electrons. The predicted molar refractivity (Wildman–Crippen MR) is 90.1 cm³/mol. The first kappa shape index (κ1) is 17.9. The van der Waals surface area contributed by atoms with E-state index in [9.17, 15) is 0 Å². The summed E-state index contributed by atoms with van der Waals surface area (Å²) in [5, 5.41) is 3.51. The molecule has 4 heteroatoms. The van der Waals surface area contributed by atoms with Gasteiger partial charge in [-0.05, 0) is 39.3 Å². The Hall–Kier alpha value is -1.13. The van der Waals surface area contributed by atoms with Crippen molar-refractivity contribution in [3.05, 3.63) is 22.9 Å². The summed E-state index contributed by atoms with van der Waals surface area (Å²) in [7, 11) is 0. The highest BCUT2D eigenvalue weighted by molar-refractivity contribution is 5.51. The molecule has 0 aliphatic heterocycles. The Balaban J connectivity index is 2.99. The van der Waals surface area contributed by atoms with Gasteiger partial charge in [-0.25, -0.2) is 4.98 Å². The topological polar surface area (TPSA) is 37.4 Å². The van der Waals surface area contributed by atoms with Crippen molar-refractivity contribution in [3.8, 4) is 0 Å². The number of aryl methyl sites for hydroxylation is 2. The van der Waals surface area contributed by atoms with Gasteiger partial charge in [0.05, 0.1) is 6.61 Å². The second kappa shape index (κ2) is 9.00. The third-order valence-corrected chi connectivity index (χ3v) is 3.53. The van der Waals surface area contributed by atoms with Crippen molar-refractivity contribution in [2.45, 2.75) is 54.1 Å². The monoisotopic (exact) mass is 293 g/mol. The van der Waals surface area contributed by atoms with Crippen molar-refractivity contribution in [2.75, 3.05) is 31.2 Å². The lowest BCUT2D eigenvalue weighted by Gasteiger charge is -2.26. The summed E-state index contributed by atoms with van der Waals surface area (Å²) in [6, 6.07) is 2.63. The average Bonchev–Trinajstić information content (AvgIpc) is 2.42. The molecule has 0 spiro atoms. The lowest BCUT2D eigenvalue weighted by atomic mass is 10.1. The van der Waals surface area contributed by atoms with E-state index in [1.165, 1.54) is 11.1 Å². The number of nitrogens with one attached hydrogen (secondary N) is 1. The normalized spacial score (nSPS) is 11.2. The lowest BCUT2D eigenvalue weighted by molar-refractivity contribution is 0.154. The molecule has 0 atom stereocenters. The second-order valence-electron chi connectivity index (χ2n) is 5.69. The fraction of sp³-hybridized carbons (Fsp3) is 0.706. The highest BCUT2D eigenvalue weighted by Crippen LogP contribution is 2.22. The van der Waals surface area contributed by atoms with Crippen molar-refractivity contribution in [1.82, 2.24) is 10.3 Å². The van der Waals surface area contributed by atoms with Crippen molar-refractivity contribution >= 4 is 5.82 Å². The van der Waals surface area contributed by atoms with Crippen molar-refractivity contribution < 1.29 is 4.74 Å². The van der Waals surface area contributed by atoms with E-state index < -0.39 is 0 Å². The van der Waals surface area contributed by atoms with Gasteiger partial charge in [0.2, 0.25) is 0 Å². The van der Waals surface area contributed by atoms with Crippen LogP contribution in [0.25, 0.3) is 0 Å². The number of hydrogen-bond acceptors (Lipinski definition) is 4. The van der Waals surface area contributed by atoms with Gasteiger partial charge in [-0.15, -0.1) is 0 Å². The van der Waals surface area contributed by atoms with Crippen LogP contribution in [0.4, 0.5) is 5.82 Å². The standard InChI is InChI=1S/C17H31N3O/c1-7-20(9-10-21-8-2)17-16(12-18-13(3)4)14(5)11-15(6)19-17/h11,13,18H,7-10,12H2,1-6H3. The Kier molecular flexibility index (Phi) is 7.68. The summed E-state index contributed by atoms with van der Waals surface area (Å²) in [5.74, 6) is 1.10. The number of pyridine rings is 1. The van der Waals surface area contributed by atoms with Crippen molar-refractivity contribution in [3.63, 3.8) is 0 Å². The van der Waals surface area contributed by atoms with Gasteiger partial charge in [-0.1, -0.05) is 13.8 Å². The second-order valence-corrected chi connectivity index (χ2v) is 5.69. The van der Waals surface area contributed by atoms with Crippen LogP contribution in [0.15, 0.2) is 6.07 Å². The smallest absolute Gasteiger partial charge is 0.133 e. The molecule has 0 radical (unpaired) electrons. The number of aromatic nitrogens is 1. The van der Waals surface area contributed by atoms with E-state index in [4.69, 9.17) is 9.72 Å². The predicted octanol–water partition coefficient (Wildman–Crippen LogP) is 3.06. The zero-order valence-electron chi connectivity index (χ0n) is 14.5. The molecule has 0 aromatic carbocycles. The Morgan fingerprint density at radius 3 is 2.57 bits per heavy atom. The molecule has 0 amide bonds. The first-order chi connectivity index (χ1) is 9.99. The van der Waals surface area contributed by atoms with Crippen LogP contribution >= 0.6 is 0 Å². The molecule has 1 aromatic rings. The van der Waals surface area contributed by atoms with Gasteiger partial charge < -0.3 is 15.0 Å². The van der Waals surface area contributed by atoms with Crippen LogP contribution in [-0.2, 0) is 11.3 Å². The zero-order chi connectivity index (χ0) is 15.8. The van der Waals surface area contributed by atoms with E-state index in [2.05, 4.69) is 50.9 Å². The molecule has 1 N–H and O–H groups in total. The number of likely N-dealkylation sites (N-methyl/N-ethyl adjacent to an activating group) is 1. The quantitative estimate of drug-likeness (QED) is 0.710. The third kappa shape index (κ3) is 5.64. The number of anilines is 1. The maximum Gasteiger partial charge on any atom is 0.133 e. The van der Waals surface area contributed by atoms with E-state index in [1.54, 1.807) is 0 Å². The molecule has 0 unspecified atom stereocenters. The Labute approximate surface area is 129 Å². The minimum atomic E-state index is 0.469. The molecule has 0 bridgehead atoms. The van der Waals surface area contributed by atoms with Gasteiger partial charge in [-0.2, -0.15) is 0 Å². The van der Waals surface area contributed by atoms with Crippen LogP contribution in [0.1, 0.15) is 44.5 Å². The molecule has 0 aliphatic carbocycles. The molecule has 1 rings (SSSR count). The van der Waals surface area contributed by atoms with E-state index >= 15 is 0 Å². The largest absolute Gasteiger partial charge is 0.380 e. The minimum absolute atomic E-state index is 0.469. The van der Waals surface area contributed by atoms with Gasteiger partial charge >= 0.3 is 0 Å². The van der Waals surface area contributed by atoms with Gasteiger partial charge in [-0.3, -0.25) is 0 Å². The number of rotatable bonds is 9. The van der Waals surface area contributed by atoms with Gasteiger partial charge in [0.15, 0.2) is 0 Å². The highest BCUT2D eigenvalue weighted by atomic mass is 16.5. The van der Waals surface area contributed by atoms with Crippen LogP contribution in [0.2, 0.25) is 0 Å². The fourth-order valence-electron chi connectivity index (χ4n) is 2.36. The number of hydrogen-bond donors (Lipinski definition) is 1. The maximum absolute atomic E-state index is 5.50. The summed E-state index contributed by atoms with van der Waals surface area (Å²) >= 11 is 0. The van der Waals surface area contributed by atoms with E-state index in [0.29, 0.717) is 6.04 Å². The SMILES string of the molecule is CCOCCN(CC)c1nc(C)cc(C)c1CNC(C)C. The number of nitrogens with zero attached hydrogens (tertiary/aromatic N) is 2. The Morgan fingerprint density at radius 1 is 1.29 bits per heavy atom. The van der Waals surface area contributed by atoms with Gasteiger partial charge in [0.25, 0.3) is 0 Å². The first-order valence-corrected chi connectivity index (χ1v) is 8.02. The Morgan fingerprint density at radius 2 is 2.00 bits per heavy atom. The molecule has 21 heavy (non-hydrogen) atoms.